The zero-order chi connectivity index (χ0) is 19.8. The van der Waals surface area contributed by atoms with E-state index >= 15 is 0 Å². The molecule has 2 atom stereocenters. The van der Waals surface area contributed by atoms with Crippen molar-refractivity contribution in [1.29, 1.82) is 0 Å². The fourth-order valence-corrected chi connectivity index (χ4v) is 3.46. The van der Waals surface area contributed by atoms with E-state index in [-0.39, 0.29) is 0 Å². The predicted octanol–water partition coefficient (Wildman–Crippen LogP) is 4.89. The van der Waals surface area contributed by atoms with Gasteiger partial charge in [-0.05, 0) is 23.1 Å². The maximum absolute atomic E-state index is 13.7. The summed E-state index contributed by atoms with van der Waals surface area (Å²) in [5.74, 6) is 0. The highest BCUT2D eigenvalue weighted by Crippen LogP contribution is 2.21. The van der Waals surface area contributed by atoms with Crippen LogP contribution in [-0.2, 0) is 19.5 Å². The van der Waals surface area contributed by atoms with Crippen molar-refractivity contribution in [3.05, 3.63) is 108 Å². The summed E-state index contributed by atoms with van der Waals surface area (Å²) in [4.78, 5) is 2.08. The normalized spacial score (nSPS) is 13.6. The lowest BCUT2D eigenvalue weighted by Crippen LogP contribution is -2.52. The summed E-state index contributed by atoms with van der Waals surface area (Å²) >= 11 is 0. The first-order chi connectivity index (χ1) is 13.6. The highest BCUT2D eigenvalue weighted by molar-refractivity contribution is 5.20. The summed E-state index contributed by atoms with van der Waals surface area (Å²) in [7, 11) is 0. The van der Waals surface area contributed by atoms with Crippen LogP contribution in [0.25, 0.3) is 0 Å². The zero-order valence-corrected chi connectivity index (χ0v) is 15.8. The van der Waals surface area contributed by atoms with E-state index in [0.717, 1.165) is 16.7 Å². The van der Waals surface area contributed by atoms with Crippen LogP contribution in [0.3, 0.4) is 0 Å². The van der Waals surface area contributed by atoms with E-state index in [1.807, 2.05) is 91.0 Å². The van der Waals surface area contributed by atoms with Crippen LogP contribution in [0.5, 0.6) is 0 Å². The molecule has 3 aromatic rings. The van der Waals surface area contributed by atoms with Crippen LogP contribution < -0.4 is 5.73 Å². The van der Waals surface area contributed by atoms with Crippen molar-refractivity contribution in [2.45, 2.75) is 38.0 Å². The van der Waals surface area contributed by atoms with Gasteiger partial charge < -0.3 is 5.73 Å². The number of hydrogen-bond donors (Lipinski definition) is 1. The summed E-state index contributed by atoms with van der Waals surface area (Å²) in [6.45, 7) is 1.13. The van der Waals surface area contributed by atoms with Crippen molar-refractivity contribution in [3.8, 4) is 0 Å². The van der Waals surface area contributed by atoms with E-state index < -0.39 is 18.5 Å². The minimum atomic E-state index is -2.58. The van der Waals surface area contributed by atoms with Crippen molar-refractivity contribution < 1.29 is 8.78 Å². The Morgan fingerprint density at radius 3 is 1.43 bits per heavy atom. The Morgan fingerprint density at radius 1 is 0.643 bits per heavy atom. The molecule has 0 aliphatic rings. The van der Waals surface area contributed by atoms with Crippen LogP contribution in [0.2, 0.25) is 0 Å². The van der Waals surface area contributed by atoms with Gasteiger partial charge in [-0.3, -0.25) is 4.90 Å². The Kier molecular flexibility index (Phi) is 7.29. The fraction of sp³-hybridized carbons (Fsp3) is 0.250. The van der Waals surface area contributed by atoms with Gasteiger partial charge in [0.1, 0.15) is 0 Å². The molecule has 0 unspecified atom stereocenters. The average Bonchev–Trinajstić information content (AvgIpc) is 2.73. The Balaban J connectivity index is 1.91. The average molecular weight is 380 g/mol. The van der Waals surface area contributed by atoms with Gasteiger partial charge in [0.15, 0.2) is 0 Å². The second kappa shape index (κ2) is 10.1. The summed E-state index contributed by atoms with van der Waals surface area (Å²) in [5.41, 5.74) is 9.20. The lowest BCUT2D eigenvalue weighted by molar-refractivity contribution is 0.0489. The van der Waals surface area contributed by atoms with Crippen molar-refractivity contribution in [2.75, 3.05) is 0 Å². The third kappa shape index (κ3) is 5.72. The highest BCUT2D eigenvalue weighted by atomic mass is 19.3. The van der Waals surface area contributed by atoms with Gasteiger partial charge >= 0.3 is 0 Å². The molecule has 146 valence electrons. The van der Waals surface area contributed by atoms with Gasteiger partial charge in [-0.25, -0.2) is 8.78 Å². The molecule has 0 heterocycles. The molecule has 0 bridgehead atoms. The van der Waals surface area contributed by atoms with E-state index in [1.165, 1.54) is 0 Å². The lowest BCUT2D eigenvalue weighted by atomic mass is 9.97. The monoisotopic (exact) mass is 380 g/mol. The van der Waals surface area contributed by atoms with Crippen molar-refractivity contribution in [3.63, 3.8) is 0 Å². The third-order valence-electron chi connectivity index (χ3n) is 4.95. The molecule has 0 amide bonds. The summed E-state index contributed by atoms with van der Waals surface area (Å²) in [6.07, 6.45) is -2.10. The van der Waals surface area contributed by atoms with E-state index in [1.54, 1.807) is 0 Å². The van der Waals surface area contributed by atoms with E-state index in [0.29, 0.717) is 19.5 Å². The lowest BCUT2D eigenvalue weighted by Gasteiger charge is -2.35. The van der Waals surface area contributed by atoms with Crippen LogP contribution in [-0.4, -0.2) is 23.4 Å². The minimum Gasteiger partial charge on any atom is -0.322 e. The van der Waals surface area contributed by atoms with Gasteiger partial charge in [0.25, 0.3) is 6.43 Å². The highest BCUT2D eigenvalue weighted by Gasteiger charge is 2.31. The Bertz CT molecular complexity index is 768. The molecule has 0 saturated heterocycles. The van der Waals surface area contributed by atoms with Gasteiger partial charge in [0.05, 0.1) is 6.04 Å². The molecule has 0 aliphatic heterocycles. The summed E-state index contributed by atoms with van der Waals surface area (Å²) in [6, 6.07) is 27.9. The topological polar surface area (TPSA) is 29.3 Å². The molecule has 0 spiro atoms. The summed E-state index contributed by atoms with van der Waals surface area (Å²) < 4.78 is 27.3. The molecule has 0 aromatic heterocycles. The number of benzene rings is 3. The molecule has 2 nitrogen and oxygen atoms in total. The quantitative estimate of drug-likeness (QED) is 0.573. The number of rotatable bonds is 9. The number of halogens is 2. The van der Waals surface area contributed by atoms with E-state index in [9.17, 15) is 8.78 Å². The van der Waals surface area contributed by atoms with Crippen LogP contribution >= 0.6 is 0 Å². The van der Waals surface area contributed by atoms with Crippen molar-refractivity contribution >= 4 is 0 Å². The molecular weight excluding hydrogens is 354 g/mol. The number of alkyl halides is 2. The largest absolute Gasteiger partial charge is 0.322 e. The van der Waals surface area contributed by atoms with Gasteiger partial charge in [0.2, 0.25) is 0 Å². The fourth-order valence-electron chi connectivity index (χ4n) is 3.46. The van der Waals surface area contributed by atoms with Gasteiger partial charge in [0, 0.05) is 19.1 Å². The smallest absolute Gasteiger partial charge is 0.255 e. The second-order valence-corrected chi connectivity index (χ2v) is 7.05. The van der Waals surface area contributed by atoms with E-state index in [4.69, 9.17) is 5.73 Å². The summed E-state index contributed by atoms with van der Waals surface area (Å²) in [5, 5.41) is 0. The number of nitrogens with two attached hydrogens (primary N) is 1. The minimum absolute atomic E-state index is 0.478. The van der Waals surface area contributed by atoms with Gasteiger partial charge in [-0.2, -0.15) is 0 Å². The third-order valence-corrected chi connectivity index (χ3v) is 4.95. The molecule has 0 fully saturated rings. The SMILES string of the molecule is N[C@H](C(F)F)[C@H](Cc1ccccc1)N(Cc1ccccc1)Cc1ccccc1. The number of hydrogen-bond acceptors (Lipinski definition) is 2. The second-order valence-electron chi connectivity index (χ2n) is 7.05. The molecule has 2 N–H and O–H groups in total. The molecule has 3 aromatic carbocycles. The van der Waals surface area contributed by atoms with Crippen molar-refractivity contribution in [2.24, 2.45) is 5.73 Å². The van der Waals surface area contributed by atoms with Crippen molar-refractivity contribution in [1.82, 2.24) is 4.90 Å². The van der Waals surface area contributed by atoms with Crippen LogP contribution in [0.15, 0.2) is 91.0 Å². The number of nitrogens with zero attached hydrogens (tertiary/aromatic N) is 1. The Hall–Kier alpha value is -2.56. The molecule has 3 rings (SSSR count). The molecule has 0 radical (unpaired) electrons. The van der Waals surface area contributed by atoms with E-state index in [2.05, 4.69) is 4.90 Å². The Morgan fingerprint density at radius 2 is 1.04 bits per heavy atom. The molecular formula is C24H26F2N2. The zero-order valence-electron chi connectivity index (χ0n) is 15.8. The maximum atomic E-state index is 13.7. The van der Waals surface area contributed by atoms with Crippen LogP contribution in [0, 0.1) is 0 Å². The van der Waals surface area contributed by atoms with Crippen LogP contribution in [0.4, 0.5) is 8.78 Å². The van der Waals surface area contributed by atoms with Crippen LogP contribution in [0.1, 0.15) is 16.7 Å². The standard InChI is InChI=1S/C24H26F2N2/c25-24(26)23(27)22(16-19-10-4-1-5-11-19)28(17-20-12-6-2-7-13-20)18-21-14-8-3-9-15-21/h1-15,22-24H,16-18,27H2/t22-,23-/m0/s1. The first-order valence-corrected chi connectivity index (χ1v) is 9.53. The molecule has 0 aliphatic carbocycles. The van der Waals surface area contributed by atoms with Gasteiger partial charge in [-0.15, -0.1) is 0 Å². The van der Waals surface area contributed by atoms with Gasteiger partial charge in [-0.1, -0.05) is 91.0 Å². The molecule has 4 heteroatoms. The molecule has 28 heavy (non-hydrogen) atoms. The first-order valence-electron chi connectivity index (χ1n) is 9.53. The first kappa shape index (κ1) is 20.2. The molecule has 0 saturated carbocycles. The predicted molar refractivity (Wildman–Crippen MR) is 110 cm³/mol. The Labute approximate surface area is 165 Å². The maximum Gasteiger partial charge on any atom is 0.255 e.